The summed E-state index contributed by atoms with van der Waals surface area (Å²) in [6.45, 7) is 1.79. The number of amides is 3. The van der Waals surface area contributed by atoms with Gasteiger partial charge in [0.05, 0.1) is 12.5 Å². The van der Waals surface area contributed by atoms with Gasteiger partial charge in [0.25, 0.3) is 5.91 Å². The van der Waals surface area contributed by atoms with Crippen LogP contribution in [0.1, 0.15) is 40.9 Å². The van der Waals surface area contributed by atoms with Gasteiger partial charge in [-0.25, -0.2) is 0 Å². The molecule has 0 saturated heterocycles. The van der Waals surface area contributed by atoms with Crippen molar-refractivity contribution in [3.8, 4) is 0 Å². The molecule has 0 fully saturated rings. The first-order chi connectivity index (χ1) is 12.9. The Morgan fingerprint density at radius 3 is 2.15 bits per heavy atom. The summed E-state index contributed by atoms with van der Waals surface area (Å²) in [4.78, 5) is 37.2. The van der Waals surface area contributed by atoms with Crippen molar-refractivity contribution in [1.29, 1.82) is 0 Å². The molecule has 0 aliphatic heterocycles. The summed E-state index contributed by atoms with van der Waals surface area (Å²) in [6, 6.07) is 16.2. The third-order valence-electron chi connectivity index (χ3n) is 4.07. The number of nitrogens with one attached hydrogen (secondary N) is 2. The van der Waals surface area contributed by atoms with E-state index >= 15 is 0 Å². The van der Waals surface area contributed by atoms with E-state index in [2.05, 4.69) is 10.6 Å². The summed E-state index contributed by atoms with van der Waals surface area (Å²) in [7, 11) is 3.41. The minimum Gasteiger partial charge on any atom is -0.352 e. The van der Waals surface area contributed by atoms with Gasteiger partial charge >= 0.3 is 0 Å². The topological polar surface area (TPSA) is 78.5 Å². The number of carbonyl (C=O) groups excluding carboxylic acids is 3. The van der Waals surface area contributed by atoms with Crippen LogP contribution in [0.2, 0.25) is 0 Å². The minimum atomic E-state index is -0.371. The van der Waals surface area contributed by atoms with Gasteiger partial charge in [0, 0.05) is 33.1 Å². The Bertz CT molecular complexity index is 786. The predicted octanol–water partition coefficient (Wildman–Crippen LogP) is 2.27. The van der Waals surface area contributed by atoms with Crippen molar-refractivity contribution in [3.05, 3.63) is 71.3 Å². The Balaban J connectivity index is 1.94. The van der Waals surface area contributed by atoms with Gasteiger partial charge in [0.2, 0.25) is 11.8 Å². The van der Waals surface area contributed by atoms with E-state index in [0.717, 1.165) is 11.1 Å². The van der Waals surface area contributed by atoms with Gasteiger partial charge in [-0.3, -0.25) is 14.4 Å². The van der Waals surface area contributed by atoms with E-state index in [1.54, 1.807) is 26.2 Å². The zero-order valence-electron chi connectivity index (χ0n) is 15.9. The summed E-state index contributed by atoms with van der Waals surface area (Å²) >= 11 is 0. The molecule has 0 spiro atoms. The van der Waals surface area contributed by atoms with Crippen molar-refractivity contribution >= 4 is 17.7 Å². The van der Waals surface area contributed by atoms with Gasteiger partial charge in [-0.2, -0.15) is 0 Å². The maximum atomic E-state index is 12.3. The van der Waals surface area contributed by atoms with Crippen molar-refractivity contribution in [3.63, 3.8) is 0 Å². The minimum absolute atomic E-state index is 0.0633. The molecule has 6 nitrogen and oxygen atoms in total. The lowest BCUT2D eigenvalue weighted by Crippen LogP contribution is -2.32. The fraction of sp³-hybridized carbons (Fsp3) is 0.286. The summed E-state index contributed by atoms with van der Waals surface area (Å²) in [5.74, 6) is -0.407. The van der Waals surface area contributed by atoms with E-state index in [9.17, 15) is 14.4 Å². The van der Waals surface area contributed by atoms with Crippen LogP contribution in [-0.2, 0) is 16.1 Å². The fourth-order valence-corrected chi connectivity index (χ4v) is 2.66. The Labute approximate surface area is 159 Å². The lowest BCUT2D eigenvalue weighted by atomic mass is 10.0. The maximum Gasteiger partial charge on any atom is 0.253 e. The molecule has 0 saturated carbocycles. The van der Waals surface area contributed by atoms with Crippen molar-refractivity contribution in [2.24, 2.45) is 0 Å². The number of hydrogen-bond donors (Lipinski definition) is 2. The third-order valence-corrected chi connectivity index (χ3v) is 4.07. The van der Waals surface area contributed by atoms with Crippen molar-refractivity contribution in [2.75, 3.05) is 14.1 Å². The molecule has 142 valence electrons. The highest BCUT2D eigenvalue weighted by atomic mass is 16.2. The SMILES string of the molecule is CC(=O)NC(CC(=O)NCc1ccc(C(=O)N(C)C)cc1)c1ccccc1. The first-order valence-corrected chi connectivity index (χ1v) is 8.76. The van der Waals surface area contributed by atoms with Crippen molar-refractivity contribution in [2.45, 2.75) is 25.9 Å². The molecule has 27 heavy (non-hydrogen) atoms. The standard InChI is InChI=1S/C21H25N3O3/c1-15(25)23-19(17-7-5-4-6-8-17)13-20(26)22-14-16-9-11-18(12-10-16)21(27)24(2)3/h4-12,19H,13-14H2,1-3H3,(H,22,26)(H,23,25). The average Bonchev–Trinajstić information content (AvgIpc) is 2.66. The molecule has 0 aliphatic carbocycles. The largest absolute Gasteiger partial charge is 0.352 e. The Hall–Kier alpha value is -3.15. The predicted molar refractivity (Wildman–Crippen MR) is 104 cm³/mol. The molecule has 2 aromatic rings. The van der Waals surface area contributed by atoms with Crippen LogP contribution in [0, 0.1) is 0 Å². The molecular weight excluding hydrogens is 342 g/mol. The Morgan fingerprint density at radius 2 is 1.59 bits per heavy atom. The zero-order chi connectivity index (χ0) is 19.8. The third kappa shape index (κ3) is 6.26. The first-order valence-electron chi connectivity index (χ1n) is 8.76. The van der Waals surface area contributed by atoms with Crippen molar-refractivity contribution < 1.29 is 14.4 Å². The quantitative estimate of drug-likeness (QED) is 0.788. The second-order valence-electron chi connectivity index (χ2n) is 6.54. The average molecular weight is 367 g/mol. The number of hydrogen-bond acceptors (Lipinski definition) is 3. The van der Waals surface area contributed by atoms with Crippen LogP contribution in [0.25, 0.3) is 0 Å². The van der Waals surface area contributed by atoms with E-state index < -0.39 is 0 Å². The van der Waals surface area contributed by atoms with Crippen LogP contribution >= 0.6 is 0 Å². The van der Waals surface area contributed by atoms with Gasteiger partial charge in [0.1, 0.15) is 0 Å². The molecule has 0 aromatic heterocycles. The number of rotatable bonds is 7. The van der Waals surface area contributed by atoms with Gasteiger partial charge < -0.3 is 15.5 Å². The van der Waals surface area contributed by atoms with Crippen molar-refractivity contribution in [1.82, 2.24) is 15.5 Å². The molecule has 2 aromatic carbocycles. The molecular formula is C21H25N3O3. The van der Waals surface area contributed by atoms with Crippen LogP contribution in [0.4, 0.5) is 0 Å². The Morgan fingerprint density at radius 1 is 0.963 bits per heavy atom. The van der Waals surface area contributed by atoms with Crippen LogP contribution in [0.15, 0.2) is 54.6 Å². The van der Waals surface area contributed by atoms with Crippen LogP contribution in [-0.4, -0.2) is 36.7 Å². The second kappa shape index (κ2) is 9.52. The van der Waals surface area contributed by atoms with E-state index in [0.29, 0.717) is 12.1 Å². The molecule has 1 atom stereocenters. The second-order valence-corrected chi connectivity index (χ2v) is 6.54. The highest BCUT2D eigenvalue weighted by Crippen LogP contribution is 2.16. The van der Waals surface area contributed by atoms with E-state index in [4.69, 9.17) is 0 Å². The van der Waals surface area contributed by atoms with E-state index in [-0.39, 0.29) is 30.2 Å². The molecule has 0 bridgehead atoms. The smallest absolute Gasteiger partial charge is 0.253 e. The first kappa shape index (κ1) is 20.2. The van der Waals surface area contributed by atoms with Crippen LogP contribution in [0.5, 0.6) is 0 Å². The van der Waals surface area contributed by atoms with Crippen LogP contribution in [0.3, 0.4) is 0 Å². The highest BCUT2D eigenvalue weighted by Gasteiger charge is 2.16. The van der Waals surface area contributed by atoms with Gasteiger partial charge in [-0.15, -0.1) is 0 Å². The van der Waals surface area contributed by atoms with Gasteiger partial charge in [-0.05, 0) is 23.3 Å². The lowest BCUT2D eigenvalue weighted by Gasteiger charge is -2.18. The van der Waals surface area contributed by atoms with E-state index in [1.165, 1.54) is 11.8 Å². The molecule has 6 heteroatoms. The Kier molecular flexibility index (Phi) is 7.11. The normalized spacial score (nSPS) is 11.4. The molecule has 0 radical (unpaired) electrons. The molecule has 1 unspecified atom stereocenters. The zero-order valence-corrected chi connectivity index (χ0v) is 15.9. The highest BCUT2D eigenvalue weighted by molar-refractivity contribution is 5.93. The van der Waals surface area contributed by atoms with Gasteiger partial charge in [0.15, 0.2) is 0 Å². The summed E-state index contributed by atoms with van der Waals surface area (Å²) in [5, 5.41) is 5.67. The summed E-state index contributed by atoms with van der Waals surface area (Å²) < 4.78 is 0. The molecule has 2 rings (SSSR count). The number of nitrogens with zero attached hydrogens (tertiary/aromatic N) is 1. The monoisotopic (exact) mass is 367 g/mol. The lowest BCUT2D eigenvalue weighted by molar-refractivity contribution is -0.122. The molecule has 0 aliphatic rings. The number of carbonyl (C=O) groups is 3. The summed E-state index contributed by atoms with van der Waals surface area (Å²) in [6.07, 6.45) is 0.154. The molecule has 3 amide bonds. The van der Waals surface area contributed by atoms with Crippen LogP contribution < -0.4 is 10.6 Å². The van der Waals surface area contributed by atoms with E-state index in [1.807, 2.05) is 42.5 Å². The summed E-state index contributed by atoms with van der Waals surface area (Å²) in [5.41, 5.74) is 2.38. The molecule has 0 heterocycles. The maximum absolute atomic E-state index is 12.3. The number of benzene rings is 2. The molecule has 2 N–H and O–H groups in total. The van der Waals surface area contributed by atoms with Gasteiger partial charge in [-0.1, -0.05) is 42.5 Å². The fourth-order valence-electron chi connectivity index (χ4n) is 2.66.